The Kier molecular flexibility index (Phi) is 5.58. The molecule has 0 atom stereocenters. The molecule has 0 bridgehead atoms. The summed E-state index contributed by atoms with van der Waals surface area (Å²) in [5.74, 6) is 0. The van der Waals surface area contributed by atoms with Gasteiger partial charge in [0.1, 0.15) is 5.60 Å². The molecule has 0 spiro atoms. The van der Waals surface area contributed by atoms with E-state index in [1.165, 1.54) is 18.6 Å². The van der Waals surface area contributed by atoms with Crippen LogP contribution in [0.3, 0.4) is 0 Å². The van der Waals surface area contributed by atoms with E-state index in [-0.39, 0.29) is 5.69 Å². The highest BCUT2D eigenvalue weighted by molar-refractivity contribution is 6.40. The molecule has 0 aliphatic rings. The van der Waals surface area contributed by atoms with Gasteiger partial charge in [0, 0.05) is 29.9 Å². The van der Waals surface area contributed by atoms with Crippen LogP contribution in [0.1, 0.15) is 26.5 Å². The first-order chi connectivity index (χ1) is 11.7. The molecule has 0 radical (unpaired) electrons. The number of nitrogens with zero attached hydrogens (tertiary/aromatic N) is 4. The molecule has 3 amide bonds. The zero-order valence-corrected chi connectivity index (χ0v) is 15.2. The highest BCUT2D eigenvalue weighted by Crippen LogP contribution is 2.23. The molecule has 2 aromatic rings. The van der Waals surface area contributed by atoms with Gasteiger partial charge in [-0.25, -0.2) is 14.0 Å². The van der Waals surface area contributed by atoms with Gasteiger partial charge in [0.2, 0.25) is 0 Å². The van der Waals surface area contributed by atoms with E-state index >= 15 is 0 Å². The molecule has 0 aliphatic heterocycles. The van der Waals surface area contributed by atoms with Gasteiger partial charge in [0.15, 0.2) is 0 Å². The van der Waals surface area contributed by atoms with Gasteiger partial charge in [0.25, 0.3) is 0 Å². The van der Waals surface area contributed by atoms with Gasteiger partial charge < -0.3 is 4.74 Å². The van der Waals surface area contributed by atoms with E-state index in [0.29, 0.717) is 5.69 Å². The summed E-state index contributed by atoms with van der Waals surface area (Å²) in [6.45, 7) is 6.93. The third-order valence-corrected chi connectivity index (χ3v) is 3.32. The minimum atomic E-state index is -0.845. The van der Waals surface area contributed by atoms with Gasteiger partial charge >= 0.3 is 12.1 Å². The predicted octanol–water partition coefficient (Wildman–Crippen LogP) is 4.31. The summed E-state index contributed by atoms with van der Waals surface area (Å²) in [6, 6.07) is 5.59. The lowest BCUT2D eigenvalue weighted by Gasteiger charge is -2.28. The fraction of sp³-hybridized carbons (Fsp3) is 0.294. The maximum Gasteiger partial charge on any atom is 0.423 e. The van der Waals surface area contributed by atoms with Crippen LogP contribution in [0.4, 0.5) is 21.0 Å². The number of halogens is 1. The molecule has 0 unspecified atom stereocenters. The summed E-state index contributed by atoms with van der Waals surface area (Å²) in [7, 11) is 0. The number of anilines is 2. The number of urea groups is 1. The average molecular weight is 363 g/mol. The van der Waals surface area contributed by atoms with E-state index in [0.717, 1.165) is 15.0 Å². The number of pyridine rings is 2. The van der Waals surface area contributed by atoms with E-state index in [1.807, 2.05) is 0 Å². The third kappa shape index (κ3) is 4.90. The smallest absolute Gasteiger partial charge is 0.423 e. The van der Waals surface area contributed by atoms with Crippen molar-refractivity contribution in [3.63, 3.8) is 0 Å². The Hall–Kier alpha value is -2.67. The maximum atomic E-state index is 12.8. The number of carbonyl (C=O) groups is 2. The standard InChI is InChI=1S/C17H19ClN4O3/c1-12-5-6-14(11-20-12)21(16(24)25-17(2,3)4)15(23)22(18)13-7-9-19-10-8-13/h5-11H,1-4H3. The van der Waals surface area contributed by atoms with Crippen LogP contribution in [0.25, 0.3) is 0 Å². The van der Waals surface area contributed by atoms with Crippen molar-refractivity contribution in [3.8, 4) is 0 Å². The number of aryl methyl sites for hydroxylation is 1. The number of ether oxygens (including phenoxy) is 1. The van der Waals surface area contributed by atoms with E-state index < -0.39 is 17.7 Å². The second kappa shape index (κ2) is 7.48. The first-order valence-corrected chi connectivity index (χ1v) is 7.88. The van der Waals surface area contributed by atoms with Crippen LogP contribution in [-0.4, -0.2) is 27.7 Å². The van der Waals surface area contributed by atoms with Crippen LogP contribution >= 0.6 is 11.8 Å². The molecule has 2 aromatic heterocycles. The first-order valence-electron chi connectivity index (χ1n) is 7.55. The SMILES string of the molecule is Cc1ccc(N(C(=O)OC(C)(C)C)C(=O)N(Cl)c2ccncc2)cn1. The fourth-order valence-corrected chi connectivity index (χ4v) is 2.06. The highest BCUT2D eigenvalue weighted by atomic mass is 35.5. The Balaban J connectivity index is 2.38. The Labute approximate surface area is 151 Å². The summed E-state index contributed by atoms with van der Waals surface area (Å²) in [5, 5.41) is 0. The van der Waals surface area contributed by atoms with Gasteiger partial charge in [-0.2, -0.15) is 4.90 Å². The van der Waals surface area contributed by atoms with E-state index in [2.05, 4.69) is 9.97 Å². The third-order valence-electron chi connectivity index (χ3n) is 2.98. The molecular formula is C17H19ClN4O3. The molecule has 0 aliphatic carbocycles. The fourth-order valence-electron chi connectivity index (χ4n) is 1.87. The number of amides is 3. The Morgan fingerprint density at radius 2 is 1.72 bits per heavy atom. The van der Waals surface area contributed by atoms with Gasteiger partial charge in [-0.1, -0.05) is 0 Å². The molecule has 132 valence electrons. The Bertz CT molecular complexity index is 745. The molecule has 7 nitrogen and oxygen atoms in total. The van der Waals surface area contributed by atoms with E-state index in [1.54, 1.807) is 52.0 Å². The number of aromatic nitrogens is 2. The summed E-state index contributed by atoms with van der Waals surface area (Å²) < 4.78 is 6.16. The van der Waals surface area contributed by atoms with Gasteiger partial charge in [-0.05, 0) is 52.0 Å². The van der Waals surface area contributed by atoms with Crippen LogP contribution in [0.2, 0.25) is 0 Å². The minimum Gasteiger partial charge on any atom is -0.443 e. The van der Waals surface area contributed by atoms with Crippen LogP contribution in [0.5, 0.6) is 0 Å². The van der Waals surface area contributed by atoms with Crippen LogP contribution in [0.15, 0.2) is 42.9 Å². The number of hydrogen-bond donors (Lipinski definition) is 0. The Morgan fingerprint density at radius 1 is 1.08 bits per heavy atom. The average Bonchev–Trinajstić information content (AvgIpc) is 2.55. The number of carbonyl (C=O) groups excluding carboxylic acids is 2. The van der Waals surface area contributed by atoms with Crippen molar-refractivity contribution in [3.05, 3.63) is 48.5 Å². The quantitative estimate of drug-likeness (QED) is 0.744. The van der Waals surface area contributed by atoms with Crippen molar-refractivity contribution in [1.29, 1.82) is 0 Å². The highest BCUT2D eigenvalue weighted by Gasteiger charge is 2.32. The van der Waals surface area contributed by atoms with Crippen LogP contribution < -0.4 is 9.32 Å². The molecule has 25 heavy (non-hydrogen) atoms. The van der Waals surface area contributed by atoms with Crippen molar-refractivity contribution in [2.24, 2.45) is 0 Å². The second-order valence-corrected chi connectivity index (χ2v) is 6.58. The maximum absolute atomic E-state index is 12.8. The summed E-state index contributed by atoms with van der Waals surface area (Å²) in [6.07, 6.45) is 3.55. The Morgan fingerprint density at radius 3 is 2.24 bits per heavy atom. The van der Waals surface area contributed by atoms with Crippen molar-refractivity contribution in [1.82, 2.24) is 9.97 Å². The summed E-state index contributed by atoms with van der Waals surface area (Å²) in [5.41, 5.74) is 0.596. The molecule has 0 aromatic carbocycles. The molecule has 0 saturated carbocycles. The van der Waals surface area contributed by atoms with Gasteiger partial charge in [-0.3, -0.25) is 9.97 Å². The molecule has 8 heteroatoms. The van der Waals surface area contributed by atoms with E-state index in [4.69, 9.17) is 16.5 Å². The molecule has 0 fully saturated rings. The topological polar surface area (TPSA) is 75.6 Å². The van der Waals surface area contributed by atoms with Crippen molar-refractivity contribution >= 4 is 35.3 Å². The van der Waals surface area contributed by atoms with E-state index in [9.17, 15) is 9.59 Å². The summed E-state index contributed by atoms with van der Waals surface area (Å²) >= 11 is 6.13. The largest absolute Gasteiger partial charge is 0.443 e. The molecule has 2 rings (SSSR count). The lowest BCUT2D eigenvalue weighted by molar-refractivity contribution is 0.0595. The molecule has 0 saturated heterocycles. The molecule has 2 heterocycles. The van der Waals surface area contributed by atoms with Crippen LogP contribution in [-0.2, 0) is 4.74 Å². The van der Waals surface area contributed by atoms with Crippen LogP contribution in [0, 0.1) is 6.92 Å². The monoisotopic (exact) mass is 362 g/mol. The second-order valence-electron chi connectivity index (χ2n) is 6.24. The van der Waals surface area contributed by atoms with Crippen molar-refractivity contribution in [2.45, 2.75) is 33.3 Å². The molecule has 0 N–H and O–H groups in total. The van der Waals surface area contributed by atoms with Crippen molar-refractivity contribution in [2.75, 3.05) is 9.32 Å². The number of imide groups is 1. The lowest BCUT2D eigenvalue weighted by Crippen LogP contribution is -2.45. The minimum absolute atomic E-state index is 0.254. The lowest BCUT2D eigenvalue weighted by atomic mass is 10.2. The van der Waals surface area contributed by atoms with Gasteiger partial charge in [0.05, 0.1) is 17.6 Å². The predicted molar refractivity (Wildman–Crippen MR) is 95.7 cm³/mol. The van der Waals surface area contributed by atoms with Crippen molar-refractivity contribution < 1.29 is 14.3 Å². The summed E-state index contributed by atoms with van der Waals surface area (Å²) in [4.78, 5) is 34.2. The molecular weight excluding hydrogens is 344 g/mol. The zero-order chi connectivity index (χ0) is 18.6. The first kappa shape index (κ1) is 18.7. The van der Waals surface area contributed by atoms with Gasteiger partial charge in [-0.15, -0.1) is 0 Å². The number of rotatable bonds is 2. The normalized spacial score (nSPS) is 10.9. The zero-order valence-electron chi connectivity index (χ0n) is 14.4. The number of hydrogen-bond acceptors (Lipinski definition) is 5.